The normalized spacial score (nSPS) is 20.6. The van der Waals surface area contributed by atoms with Gasteiger partial charge in [-0.15, -0.1) is 0 Å². The van der Waals surface area contributed by atoms with Crippen LogP contribution in [0, 0.1) is 0 Å². The fraction of sp³-hybridized carbons (Fsp3) is 0.667. The van der Waals surface area contributed by atoms with E-state index in [0.717, 1.165) is 0 Å². The molecule has 1 saturated heterocycles. The van der Waals surface area contributed by atoms with E-state index >= 15 is 0 Å². The number of amides is 2. The zero-order valence-corrected chi connectivity index (χ0v) is 9.43. The number of carboxylic acids is 1. The quantitative estimate of drug-likeness (QED) is 0.493. The van der Waals surface area contributed by atoms with Crippen LogP contribution in [0.15, 0.2) is 0 Å². The monoisotopic (exact) mass is 245 g/mol. The van der Waals surface area contributed by atoms with E-state index in [4.69, 9.17) is 9.84 Å². The van der Waals surface area contributed by atoms with E-state index in [-0.39, 0.29) is 13.2 Å². The summed E-state index contributed by atoms with van der Waals surface area (Å²) >= 11 is 0. The van der Waals surface area contributed by atoms with E-state index in [1.54, 1.807) is 0 Å². The Morgan fingerprint density at radius 3 is 2.71 bits per heavy atom. The van der Waals surface area contributed by atoms with Gasteiger partial charge in [0.25, 0.3) is 5.91 Å². The molecular formula is C9H15N3O5. The van der Waals surface area contributed by atoms with Crippen LogP contribution in [-0.4, -0.2) is 60.1 Å². The molecule has 1 fully saturated rings. The lowest BCUT2D eigenvalue weighted by Crippen LogP contribution is -2.54. The molecule has 1 aliphatic rings. The first-order valence-corrected chi connectivity index (χ1v) is 5.10. The minimum absolute atomic E-state index is 0.0583. The minimum atomic E-state index is -1.03. The highest BCUT2D eigenvalue weighted by Crippen LogP contribution is 2.06. The molecule has 0 aromatic heterocycles. The molecular weight excluding hydrogens is 230 g/mol. The third-order valence-electron chi connectivity index (χ3n) is 2.25. The first-order chi connectivity index (χ1) is 8.00. The predicted octanol–water partition coefficient (Wildman–Crippen LogP) is -2.06. The lowest BCUT2D eigenvalue weighted by Gasteiger charge is -2.31. The van der Waals surface area contributed by atoms with Crippen molar-refractivity contribution in [3.05, 3.63) is 0 Å². The molecule has 0 bridgehead atoms. The van der Waals surface area contributed by atoms with Gasteiger partial charge in [0.2, 0.25) is 5.91 Å². The standard InChI is InChI=1S/C9H15N3O5/c1-6(13)10-11-8(14)4-12-2-3-17-5-7(12)9(15)16/h7H,2-5H2,1H3,(H,10,13)(H,11,14)(H,15,16). The van der Waals surface area contributed by atoms with Crippen molar-refractivity contribution in [3.63, 3.8) is 0 Å². The number of nitrogens with zero attached hydrogens (tertiary/aromatic N) is 1. The van der Waals surface area contributed by atoms with Crippen LogP contribution in [0.25, 0.3) is 0 Å². The van der Waals surface area contributed by atoms with E-state index in [2.05, 4.69) is 10.9 Å². The van der Waals surface area contributed by atoms with Gasteiger partial charge in [0.05, 0.1) is 19.8 Å². The summed E-state index contributed by atoms with van der Waals surface area (Å²) in [6.07, 6.45) is 0. The average molecular weight is 245 g/mol. The number of hydrogen-bond acceptors (Lipinski definition) is 5. The van der Waals surface area contributed by atoms with Gasteiger partial charge < -0.3 is 9.84 Å². The number of carboxylic acid groups (broad SMARTS) is 1. The summed E-state index contributed by atoms with van der Waals surface area (Å²) in [6, 6.07) is -0.827. The molecule has 1 rings (SSSR count). The van der Waals surface area contributed by atoms with Crippen molar-refractivity contribution in [2.75, 3.05) is 26.3 Å². The van der Waals surface area contributed by atoms with E-state index in [9.17, 15) is 14.4 Å². The van der Waals surface area contributed by atoms with Crippen LogP contribution >= 0.6 is 0 Å². The number of rotatable bonds is 3. The van der Waals surface area contributed by atoms with Gasteiger partial charge in [-0.2, -0.15) is 0 Å². The van der Waals surface area contributed by atoms with Crippen molar-refractivity contribution in [3.8, 4) is 0 Å². The van der Waals surface area contributed by atoms with Crippen molar-refractivity contribution in [1.82, 2.24) is 15.8 Å². The van der Waals surface area contributed by atoms with Crippen molar-refractivity contribution in [2.24, 2.45) is 0 Å². The predicted molar refractivity (Wildman–Crippen MR) is 55.8 cm³/mol. The number of nitrogens with one attached hydrogen (secondary N) is 2. The molecule has 0 aromatic carbocycles. The van der Waals surface area contributed by atoms with Gasteiger partial charge in [0.1, 0.15) is 6.04 Å². The Morgan fingerprint density at radius 2 is 2.12 bits per heavy atom. The van der Waals surface area contributed by atoms with Crippen LogP contribution in [0.5, 0.6) is 0 Å². The summed E-state index contributed by atoms with van der Waals surface area (Å²) in [5.74, 6) is -1.89. The highest BCUT2D eigenvalue weighted by atomic mass is 16.5. The molecule has 1 heterocycles. The molecule has 96 valence electrons. The number of aliphatic carboxylic acids is 1. The summed E-state index contributed by atoms with van der Waals surface area (Å²) in [5.41, 5.74) is 4.31. The van der Waals surface area contributed by atoms with E-state index < -0.39 is 23.8 Å². The van der Waals surface area contributed by atoms with Crippen LogP contribution in [0.2, 0.25) is 0 Å². The highest BCUT2D eigenvalue weighted by molar-refractivity contribution is 5.82. The molecule has 0 aliphatic carbocycles. The first kappa shape index (κ1) is 13.4. The Bertz CT molecular complexity index is 320. The lowest BCUT2D eigenvalue weighted by atomic mass is 10.2. The maximum atomic E-state index is 11.4. The van der Waals surface area contributed by atoms with Crippen molar-refractivity contribution < 1.29 is 24.2 Å². The van der Waals surface area contributed by atoms with Crippen molar-refractivity contribution in [1.29, 1.82) is 0 Å². The average Bonchev–Trinajstić information content (AvgIpc) is 2.27. The molecule has 2 amide bonds. The molecule has 1 aliphatic heterocycles. The molecule has 0 aromatic rings. The van der Waals surface area contributed by atoms with Gasteiger partial charge in [0, 0.05) is 13.5 Å². The Kier molecular flexibility index (Phi) is 4.85. The van der Waals surface area contributed by atoms with Crippen LogP contribution in [0.3, 0.4) is 0 Å². The summed E-state index contributed by atoms with van der Waals surface area (Å²) < 4.78 is 5.03. The Morgan fingerprint density at radius 1 is 1.41 bits per heavy atom. The van der Waals surface area contributed by atoms with Crippen molar-refractivity contribution >= 4 is 17.8 Å². The Balaban J connectivity index is 2.44. The van der Waals surface area contributed by atoms with E-state index in [1.165, 1.54) is 11.8 Å². The van der Waals surface area contributed by atoms with E-state index in [1.807, 2.05) is 0 Å². The van der Waals surface area contributed by atoms with Crippen LogP contribution in [0.1, 0.15) is 6.92 Å². The maximum absolute atomic E-state index is 11.4. The smallest absolute Gasteiger partial charge is 0.323 e. The number of morpholine rings is 1. The second kappa shape index (κ2) is 6.16. The van der Waals surface area contributed by atoms with Gasteiger partial charge in [0.15, 0.2) is 0 Å². The molecule has 0 spiro atoms. The first-order valence-electron chi connectivity index (χ1n) is 5.10. The summed E-state index contributed by atoms with van der Waals surface area (Å²) in [7, 11) is 0. The number of ether oxygens (including phenoxy) is 1. The Labute approximate surface area is 97.9 Å². The van der Waals surface area contributed by atoms with Gasteiger partial charge in [-0.05, 0) is 0 Å². The number of hydrogen-bond donors (Lipinski definition) is 3. The summed E-state index contributed by atoms with van der Waals surface area (Å²) in [4.78, 5) is 34.3. The fourth-order valence-corrected chi connectivity index (χ4v) is 1.44. The summed E-state index contributed by atoms with van der Waals surface area (Å²) in [6.45, 7) is 1.97. The molecule has 1 atom stereocenters. The number of hydrazine groups is 1. The maximum Gasteiger partial charge on any atom is 0.323 e. The number of carbonyl (C=O) groups excluding carboxylic acids is 2. The molecule has 1 unspecified atom stereocenters. The van der Waals surface area contributed by atoms with Gasteiger partial charge in [-0.1, -0.05) is 0 Å². The molecule has 8 heteroatoms. The van der Waals surface area contributed by atoms with Crippen LogP contribution < -0.4 is 10.9 Å². The van der Waals surface area contributed by atoms with Crippen molar-refractivity contribution in [2.45, 2.75) is 13.0 Å². The SMILES string of the molecule is CC(=O)NNC(=O)CN1CCOCC1C(=O)O. The molecule has 0 radical (unpaired) electrons. The summed E-state index contributed by atoms with van der Waals surface area (Å²) in [5, 5.41) is 8.92. The fourth-order valence-electron chi connectivity index (χ4n) is 1.44. The third kappa shape index (κ3) is 4.37. The Hall–Kier alpha value is -1.67. The second-order valence-electron chi connectivity index (χ2n) is 3.63. The van der Waals surface area contributed by atoms with Gasteiger partial charge >= 0.3 is 5.97 Å². The number of carbonyl (C=O) groups is 3. The third-order valence-corrected chi connectivity index (χ3v) is 2.25. The molecule has 8 nitrogen and oxygen atoms in total. The second-order valence-corrected chi connectivity index (χ2v) is 3.63. The van der Waals surface area contributed by atoms with Gasteiger partial charge in [-0.25, -0.2) is 0 Å². The zero-order valence-electron chi connectivity index (χ0n) is 9.43. The molecule has 3 N–H and O–H groups in total. The molecule has 17 heavy (non-hydrogen) atoms. The van der Waals surface area contributed by atoms with Crippen LogP contribution in [-0.2, 0) is 19.1 Å². The van der Waals surface area contributed by atoms with E-state index in [0.29, 0.717) is 13.2 Å². The van der Waals surface area contributed by atoms with Gasteiger partial charge in [-0.3, -0.25) is 30.1 Å². The molecule has 0 saturated carbocycles. The topological polar surface area (TPSA) is 108 Å². The largest absolute Gasteiger partial charge is 0.480 e. The van der Waals surface area contributed by atoms with Crippen LogP contribution in [0.4, 0.5) is 0 Å². The highest BCUT2D eigenvalue weighted by Gasteiger charge is 2.30. The minimum Gasteiger partial charge on any atom is -0.480 e. The lowest BCUT2D eigenvalue weighted by molar-refractivity contribution is -0.150. The zero-order chi connectivity index (χ0) is 12.8.